The van der Waals surface area contributed by atoms with Gasteiger partial charge in [-0.05, 0) is 13.8 Å². The average molecular weight is 193 g/mol. The van der Waals surface area contributed by atoms with Crippen molar-refractivity contribution in [1.29, 1.82) is 0 Å². The maximum Gasteiger partial charge on any atom is 0.331 e. The van der Waals surface area contributed by atoms with Gasteiger partial charge < -0.3 is 9.05 Å². The molecule has 4 nitrogen and oxygen atoms in total. The zero-order chi connectivity index (χ0) is 9.45. The van der Waals surface area contributed by atoms with Gasteiger partial charge in [-0.25, -0.2) is 0 Å². The van der Waals surface area contributed by atoms with E-state index in [4.69, 9.17) is 9.05 Å². The van der Waals surface area contributed by atoms with Gasteiger partial charge in [0.1, 0.15) is 0 Å². The molecule has 0 amide bonds. The molecule has 0 saturated heterocycles. The molecular weight excluding hydrogens is 179 g/mol. The van der Waals surface area contributed by atoms with Crippen LogP contribution in [0.3, 0.4) is 0 Å². The second kappa shape index (κ2) is 6.35. The predicted octanol–water partition coefficient (Wildman–Crippen LogP) is 1.75. The molecule has 0 bridgehead atoms. The molecule has 0 aliphatic rings. The minimum absolute atomic E-state index is 0.0945. The van der Waals surface area contributed by atoms with E-state index in [0.717, 1.165) is 0 Å². The molecule has 0 aliphatic carbocycles. The number of rotatable bonds is 7. The van der Waals surface area contributed by atoms with E-state index in [0.29, 0.717) is 13.2 Å². The van der Waals surface area contributed by atoms with Gasteiger partial charge in [0.2, 0.25) is 0 Å². The summed E-state index contributed by atoms with van der Waals surface area (Å²) < 4.78 is 21.4. The van der Waals surface area contributed by atoms with Gasteiger partial charge in [-0.2, -0.15) is 0 Å². The van der Waals surface area contributed by atoms with Gasteiger partial charge in [0, 0.05) is 6.42 Å². The van der Waals surface area contributed by atoms with Crippen molar-refractivity contribution in [2.45, 2.75) is 20.3 Å². The summed E-state index contributed by atoms with van der Waals surface area (Å²) in [5, 5.41) is 0. The summed E-state index contributed by atoms with van der Waals surface area (Å²) in [6.07, 6.45) is 1.88. The molecule has 5 heteroatoms. The first kappa shape index (κ1) is 11.8. The Labute approximate surface area is 72.8 Å². The summed E-state index contributed by atoms with van der Waals surface area (Å²) in [6.45, 7) is 4.12. The Bertz CT molecular complexity index is 159. The van der Waals surface area contributed by atoms with Crippen LogP contribution in [0.15, 0.2) is 0 Å². The molecule has 0 aliphatic heterocycles. The third-order valence-electron chi connectivity index (χ3n) is 1.14. The molecule has 1 radical (unpaired) electrons. The Morgan fingerprint density at radius 3 is 2.08 bits per heavy atom. The summed E-state index contributed by atoms with van der Waals surface area (Å²) in [5.41, 5.74) is 0. The highest BCUT2D eigenvalue weighted by molar-refractivity contribution is 7.53. The van der Waals surface area contributed by atoms with Crippen molar-refractivity contribution in [3.63, 3.8) is 0 Å². The number of hydrogen-bond donors (Lipinski definition) is 0. The molecule has 0 rings (SSSR count). The van der Waals surface area contributed by atoms with Crippen LogP contribution in [0.5, 0.6) is 0 Å². The van der Waals surface area contributed by atoms with E-state index in [1.165, 1.54) is 0 Å². The molecule has 0 spiro atoms. The molecular formula is C7H14O4P. The fourth-order valence-electron chi connectivity index (χ4n) is 0.742. The van der Waals surface area contributed by atoms with Crippen molar-refractivity contribution in [2.75, 3.05) is 19.4 Å². The van der Waals surface area contributed by atoms with Gasteiger partial charge in [0.25, 0.3) is 0 Å². The molecule has 71 valence electrons. The van der Waals surface area contributed by atoms with Crippen molar-refractivity contribution in [3.05, 3.63) is 0 Å². The molecule has 0 heterocycles. The minimum Gasteiger partial charge on any atom is -0.309 e. The van der Waals surface area contributed by atoms with E-state index in [2.05, 4.69) is 0 Å². The Kier molecular flexibility index (Phi) is 6.25. The van der Waals surface area contributed by atoms with Gasteiger partial charge in [-0.15, -0.1) is 0 Å². The topological polar surface area (TPSA) is 52.6 Å². The van der Waals surface area contributed by atoms with Crippen LogP contribution < -0.4 is 0 Å². The maximum absolute atomic E-state index is 11.5. The standard InChI is InChI=1S/C7H14O4P/c1-3-10-12(9,11-4-2)7-5-6-8/h3-5,7H2,1-2H3. The monoisotopic (exact) mass is 193 g/mol. The molecule has 12 heavy (non-hydrogen) atoms. The van der Waals surface area contributed by atoms with E-state index >= 15 is 0 Å². The second-order valence-electron chi connectivity index (χ2n) is 2.06. The maximum atomic E-state index is 11.5. The first-order chi connectivity index (χ1) is 5.68. The van der Waals surface area contributed by atoms with Crippen LogP contribution in [0.1, 0.15) is 20.3 Å². The Morgan fingerprint density at radius 2 is 1.75 bits per heavy atom. The number of hydrogen-bond acceptors (Lipinski definition) is 4. The minimum atomic E-state index is -3.00. The van der Waals surface area contributed by atoms with Gasteiger partial charge in [0.15, 0.2) is 6.29 Å². The van der Waals surface area contributed by atoms with E-state index in [1.54, 1.807) is 20.1 Å². The van der Waals surface area contributed by atoms with Gasteiger partial charge in [-0.3, -0.25) is 9.36 Å². The van der Waals surface area contributed by atoms with Crippen LogP contribution in [0.2, 0.25) is 0 Å². The smallest absolute Gasteiger partial charge is 0.309 e. The van der Waals surface area contributed by atoms with E-state index in [-0.39, 0.29) is 12.6 Å². The fraction of sp³-hybridized carbons (Fsp3) is 0.857. The molecule has 0 aromatic rings. The lowest BCUT2D eigenvalue weighted by atomic mass is 10.6. The van der Waals surface area contributed by atoms with Crippen molar-refractivity contribution in [3.8, 4) is 0 Å². The highest BCUT2D eigenvalue weighted by Gasteiger charge is 2.22. The van der Waals surface area contributed by atoms with E-state index in [1.807, 2.05) is 0 Å². The van der Waals surface area contributed by atoms with Crippen molar-refractivity contribution in [2.24, 2.45) is 0 Å². The van der Waals surface area contributed by atoms with Crippen LogP contribution in [0.25, 0.3) is 0 Å². The number of carbonyl (C=O) groups excluding carboxylic acids is 1. The quantitative estimate of drug-likeness (QED) is 0.578. The van der Waals surface area contributed by atoms with E-state index < -0.39 is 7.60 Å². The van der Waals surface area contributed by atoms with Gasteiger partial charge in [-0.1, -0.05) is 0 Å². The highest BCUT2D eigenvalue weighted by Crippen LogP contribution is 2.48. The second-order valence-corrected chi connectivity index (χ2v) is 4.25. The fourth-order valence-corrected chi connectivity index (χ4v) is 2.23. The van der Waals surface area contributed by atoms with Gasteiger partial charge in [0.05, 0.1) is 19.4 Å². The lowest BCUT2D eigenvalue weighted by Crippen LogP contribution is -2.00. The Morgan fingerprint density at radius 1 is 1.25 bits per heavy atom. The molecule has 0 atom stereocenters. The summed E-state index contributed by atoms with van der Waals surface area (Å²) in [5.74, 6) is 0. The summed E-state index contributed by atoms with van der Waals surface area (Å²) in [7, 11) is -3.00. The molecule has 0 N–H and O–H groups in total. The van der Waals surface area contributed by atoms with Crippen molar-refractivity contribution in [1.82, 2.24) is 0 Å². The lowest BCUT2D eigenvalue weighted by Gasteiger charge is -2.14. The largest absolute Gasteiger partial charge is 0.331 e. The Balaban J connectivity index is 3.98. The molecule has 0 fully saturated rings. The highest BCUT2D eigenvalue weighted by atomic mass is 31.2. The van der Waals surface area contributed by atoms with Crippen LogP contribution in [0, 0.1) is 0 Å². The lowest BCUT2D eigenvalue weighted by molar-refractivity contribution is 0.220. The first-order valence-corrected chi connectivity index (χ1v) is 5.64. The molecule has 0 aromatic heterocycles. The van der Waals surface area contributed by atoms with Crippen molar-refractivity contribution < 1.29 is 18.4 Å². The van der Waals surface area contributed by atoms with Crippen LogP contribution in [0.4, 0.5) is 0 Å². The van der Waals surface area contributed by atoms with Gasteiger partial charge >= 0.3 is 7.60 Å². The Hall–Kier alpha value is -0.180. The van der Waals surface area contributed by atoms with Crippen LogP contribution >= 0.6 is 7.60 Å². The predicted molar refractivity (Wildman–Crippen MR) is 46.0 cm³/mol. The summed E-state index contributed by atoms with van der Waals surface area (Å²) in [6, 6.07) is 0. The third kappa shape index (κ3) is 4.65. The first-order valence-electron chi connectivity index (χ1n) is 3.91. The zero-order valence-electron chi connectivity index (χ0n) is 7.41. The SMILES string of the molecule is CCOP(=O)(CC[C]=O)OCC. The molecule has 0 saturated carbocycles. The van der Waals surface area contributed by atoms with Crippen molar-refractivity contribution >= 4 is 13.9 Å². The zero-order valence-corrected chi connectivity index (χ0v) is 8.30. The van der Waals surface area contributed by atoms with Crippen LogP contribution in [-0.2, 0) is 18.4 Å². The molecule has 0 aromatic carbocycles. The third-order valence-corrected chi connectivity index (χ3v) is 3.21. The normalized spacial score (nSPS) is 11.5. The van der Waals surface area contributed by atoms with E-state index in [9.17, 15) is 9.36 Å². The summed E-state index contributed by atoms with van der Waals surface area (Å²) >= 11 is 0. The average Bonchev–Trinajstić information content (AvgIpc) is 2.02. The summed E-state index contributed by atoms with van der Waals surface area (Å²) in [4.78, 5) is 9.90. The van der Waals surface area contributed by atoms with Crippen LogP contribution in [-0.4, -0.2) is 25.7 Å². The molecule has 0 unspecified atom stereocenters.